The number of H-pyrrole nitrogens is 1. The fraction of sp³-hybridized carbons (Fsp3) is 0.773. The second kappa shape index (κ2) is 9.16. The van der Waals surface area contributed by atoms with Crippen LogP contribution in [0.2, 0.25) is 0 Å². The van der Waals surface area contributed by atoms with Gasteiger partial charge in [0.2, 0.25) is 0 Å². The number of nitrogens with one attached hydrogen (secondary N) is 1. The second-order valence-corrected chi connectivity index (χ2v) is 9.32. The second-order valence-electron chi connectivity index (χ2n) is 9.32. The van der Waals surface area contributed by atoms with Gasteiger partial charge in [0.1, 0.15) is 5.52 Å². The van der Waals surface area contributed by atoms with Crippen LogP contribution in [0.5, 0.6) is 6.01 Å². The van der Waals surface area contributed by atoms with E-state index in [1.165, 1.54) is 12.8 Å². The third-order valence-electron chi connectivity index (χ3n) is 7.01. The Morgan fingerprint density at radius 1 is 1.10 bits per heavy atom. The lowest BCUT2D eigenvalue weighted by Gasteiger charge is -2.24. The molecule has 1 aliphatic carbocycles. The van der Waals surface area contributed by atoms with Gasteiger partial charge in [0.25, 0.3) is 0 Å². The van der Waals surface area contributed by atoms with E-state index in [1.54, 1.807) is 4.57 Å². The Morgan fingerprint density at radius 3 is 2.68 bits per heavy atom. The van der Waals surface area contributed by atoms with Crippen LogP contribution in [-0.4, -0.2) is 52.6 Å². The van der Waals surface area contributed by atoms with E-state index in [4.69, 9.17) is 19.9 Å². The Bertz CT molecular complexity index is 941. The predicted molar refractivity (Wildman–Crippen MR) is 116 cm³/mol. The first-order valence-electron chi connectivity index (χ1n) is 11.7. The van der Waals surface area contributed by atoms with Crippen LogP contribution in [-0.2, 0) is 9.47 Å². The number of aromatic amines is 1. The molecule has 2 aromatic heterocycles. The smallest absolute Gasteiger partial charge is 0.328 e. The van der Waals surface area contributed by atoms with Gasteiger partial charge in [-0.1, -0.05) is 19.3 Å². The maximum absolute atomic E-state index is 13.0. The van der Waals surface area contributed by atoms with Crippen molar-refractivity contribution in [3.05, 3.63) is 10.5 Å². The van der Waals surface area contributed by atoms with Gasteiger partial charge in [-0.05, 0) is 43.9 Å². The van der Waals surface area contributed by atoms with Crippen molar-refractivity contribution in [2.75, 3.05) is 38.8 Å². The summed E-state index contributed by atoms with van der Waals surface area (Å²) in [7, 11) is 0. The summed E-state index contributed by atoms with van der Waals surface area (Å²) < 4.78 is 18.8. The lowest BCUT2D eigenvalue weighted by Crippen LogP contribution is -2.29. The number of nitrogens with zero attached hydrogens (tertiary/aromatic N) is 3. The van der Waals surface area contributed by atoms with Gasteiger partial charge in [-0.2, -0.15) is 9.97 Å². The maximum Gasteiger partial charge on any atom is 0.328 e. The molecule has 9 nitrogen and oxygen atoms in total. The van der Waals surface area contributed by atoms with Crippen molar-refractivity contribution >= 4 is 17.0 Å². The number of rotatable bonds is 10. The molecule has 0 amide bonds. The van der Waals surface area contributed by atoms with Crippen LogP contribution in [0.25, 0.3) is 11.2 Å². The number of nitrogen functional groups attached to an aromatic ring is 1. The number of ether oxygens (including phenoxy) is 3. The molecule has 31 heavy (non-hydrogen) atoms. The van der Waals surface area contributed by atoms with Crippen LogP contribution in [0.15, 0.2) is 4.79 Å². The molecule has 2 saturated heterocycles. The summed E-state index contributed by atoms with van der Waals surface area (Å²) in [5.41, 5.74) is 7.01. The van der Waals surface area contributed by atoms with Crippen LogP contribution in [0, 0.1) is 17.8 Å². The average molecular weight is 432 g/mol. The number of fused-ring (bicyclic) bond motifs is 1. The number of anilines is 1. The van der Waals surface area contributed by atoms with E-state index in [0.29, 0.717) is 30.3 Å². The van der Waals surface area contributed by atoms with Crippen LogP contribution in [0.3, 0.4) is 0 Å². The summed E-state index contributed by atoms with van der Waals surface area (Å²) in [6.45, 7) is 3.71. The summed E-state index contributed by atoms with van der Waals surface area (Å²) in [5.74, 6) is 1.94. The molecule has 3 fully saturated rings. The molecule has 2 aliphatic heterocycles. The van der Waals surface area contributed by atoms with E-state index in [9.17, 15) is 4.79 Å². The SMILES string of the molecule is Nc1nc(OCCC2CC2)nc2c1[nH]c(=O)n2C(CCCC1CCOC1)C1CCOC1. The van der Waals surface area contributed by atoms with Gasteiger partial charge >= 0.3 is 11.7 Å². The molecule has 0 radical (unpaired) electrons. The van der Waals surface area contributed by atoms with Crippen LogP contribution in [0.4, 0.5) is 5.82 Å². The molecule has 1 saturated carbocycles. The first kappa shape index (κ1) is 20.8. The van der Waals surface area contributed by atoms with Crippen LogP contribution < -0.4 is 16.2 Å². The van der Waals surface area contributed by atoms with Crippen molar-refractivity contribution < 1.29 is 14.2 Å². The highest BCUT2D eigenvalue weighted by Gasteiger charge is 2.31. The largest absolute Gasteiger partial charge is 0.463 e. The van der Waals surface area contributed by atoms with Gasteiger partial charge in [-0.25, -0.2) is 4.79 Å². The topological polar surface area (TPSA) is 117 Å². The number of hydrogen-bond donors (Lipinski definition) is 2. The van der Waals surface area contributed by atoms with Gasteiger partial charge in [0, 0.05) is 31.8 Å². The fourth-order valence-corrected chi connectivity index (χ4v) is 4.96. The van der Waals surface area contributed by atoms with E-state index in [-0.39, 0.29) is 29.5 Å². The zero-order valence-electron chi connectivity index (χ0n) is 18.1. The lowest BCUT2D eigenvalue weighted by molar-refractivity contribution is 0.167. The van der Waals surface area contributed by atoms with E-state index in [0.717, 1.165) is 64.3 Å². The Morgan fingerprint density at radius 2 is 1.94 bits per heavy atom. The van der Waals surface area contributed by atoms with Crippen molar-refractivity contribution in [2.45, 2.75) is 57.4 Å². The van der Waals surface area contributed by atoms with Gasteiger partial charge in [-0.15, -0.1) is 0 Å². The van der Waals surface area contributed by atoms with Crippen molar-refractivity contribution in [1.82, 2.24) is 19.5 Å². The monoisotopic (exact) mass is 431 g/mol. The molecule has 3 unspecified atom stereocenters. The Hall–Kier alpha value is -2.13. The summed E-state index contributed by atoms with van der Waals surface area (Å²) in [5, 5.41) is 0. The minimum atomic E-state index is -0.188. The molecular weight excluding hydrogens is 398 g/mol. The number of hydrogen-bond acceptors (Lipinski definition) is 7. The van der Waals surface area contributed by atoms with E-state index in [2.05, 4.69) is 15.0 Å². The minimum absolute atomic E-state index is 0.0136. The first-order chi connectivity index (χ1) is 15.2. The molecule has 3 N–H and O–H groups in total. The molecule has 170 valence electrons. The third-order valence-corrected chi connectivity index (χ3v) is 7.01. The van der Waals surface area contributed by atoms with Crippen molar-refractivity contribution in [3.63, 3.8) is 0 Å². The average Bonchev–Trinajstić information content (AvgIpc) is 3.14. The molecule has 2 aromatic rings. The molecule has 4 heterocycles. The van der Waals surface area contributed by atoms with Crippen molar-refractivity contribution in [3.8, 4) is 6.01 Å². The van der Waals surface area contributed by atoms with Gasteiger partial charge < -0.3 is 24.9 Å². The first-order valence-corrected chi connectivity index (χ1v) is 11.7. The maximum atomic E-state index is 13.0. The Kier molecular flexibility index (Phi) is 6.13. The highest BCUT2D eigenvalue weighted by molar-refractivity contribution is 5.82. The van der Waals surface area contributed by atoms with Crippen molar-refractivity contribution in [2.24, 2.45) is 17.8 Å². The molecule has 3 atom stereocenters. The molecular formula is C22H33N5O4. The Labute approximate surface area is 181 Å². The molecule has 0 bridgehead atoms. The van der Waals surface area contributed by atoms with E-state index in [1.807, 2.05) is 0 Å². The molecule has 0 spiro atoms. The lowest BCUT2D eigenvalue weighted by atomic mass is 9.91. The summed E-state index contributed by atoms with van der Waals surface area (Å²) in [6.07, 6.45) is 8.71. The predicted octanol–water partition coefficient (Wildman–Crippen LogP) is 2.67. The quantitative estimate of drug-likeness (QED) is 0.594. The minimum Gasteiger partial charge on any atom is -0.463 e. The van der Waals surface area contributed by atoms with Crippen molar-refractivity contribution in [1.29, 1.82) is 0 Å². The van der Waals surface area contributed by atoms with E-state index >= 15 is 0 Å². The Balaban J connectivity index is 1.39. The zero-order chi connectivity index (χ0) is 21.2. The standard InChI is InChI=1S/C22H33N5O4/c23-19-18-20(26-21(25-19)31-11-7-14-4-5-14)27(22(28)24-18)17(16-8-10-30-13-16)3-1-2-15-6-9-29-12-15/h14-17H,1-13H2,(H,24,28)(H2,23,25,26). The molecule has 5 rings (SSSR count). The number of aromatic nitrogens is 4. The summed E-state index contributed by atoms with van der Waals surface area (Å²) >= 11 is 0. The van der Waals surface area contributed by atoms with Gasteiger partial charge in [-0.3, -0.25) is 4.57 Å². The normalized spacial score (nSPS) is 24.8. The van der Waals surface area contributed by atoms with Crippen LogP contribution in [0.1, 0.15) is 57.4 Å². The number of nitrogens with two attached hydrogens (primary N) is 1. The van der Waals surface area contributed by atoms with E-state index < -0.39 is 0 Å². The molecule has 3 aliphatic rings. The highest BCUT2D eigenvalue weighted by Crippen LogP contribution is 2.34. The van der Waals surface area contributed by atoms with Crippen LogP contribution >= 0.6 is 0 Å². The summed E-state index contributed by atoms with van der Waals surface area (Å²) in [6, 6.07) is 0.266. The summed E-state index contributed by atoms with van der Waals surface area (Å²) in [4.78, 5) is 24.8. The molecule has 0 aromatic carbocycles. The number of imidazole rings is 1. The third kappa shape index (κ3) is 4.72. The zero-order valence-corrected chi connectivity index (χ0v) is 18.1. The van der Waals surface area contributed by atoms with Gasteiger partial charge in [0.15, 0.2) is 11.5 Å². The van der Waals surface area contributed by atoms with Gasteiger partial charge in [0.05, 0.1) is 13.2 Å². The fourth-order valence-electron chi connectivity index (χ4n) is 4.96. The molecule has 9 heteroatoms. The highest BCUT2D eigenvalue weighted by atomic mass is 16.5.